The van der Waals surface area contributed by atoms with Gasteiger partial charge >= 0.3 is 6.18 Å². The quantitative estimate of drug-likeness (QED) is 0.410. The van der Waals surface area contributed by atoms with Gasteiger partial charge in [-0.25, -0.2) is 18.3 Å². The van der Waals surface area contributed by atoms with Crippen LogP contribution in [0.3, 0.4) is 0 Å². The summed E-state index contributed by atoms with van der Waals surface area (Å²) in [5.41, 5.74) is -2.39. The molecule has 2 aromatic carbocycles. The number of rotatable bonds is 5. The van der Waals surface area contributed by atoms with Gasteiger partial charge in [-0.3, -0.25) is 4.79 Å². The Morgan fingerprint density at radius 3 is 2.44 bits per heavy atom. The number of halogens is 5. The van der Waals surface area contributed by atoms with Crippen LogP contribution in [0, 0.1) is 11.6 Å². The van der Waals surface area contributed by atoms with Crippen molar-refractivity contribution in [3.8, 4) is 22.8 Å². The molecule has 0 saturated carbocycles. The highest BCUT2D eigenvalue weighted by Gasteiger charge is 2.36. The number of amides is 1. The number of aromatic nitrogens is 3. The molecule has 0 fully saturated rings. The predicted octanol–water partition coefficient (Wildman–Crippen LogP) is 4.96. The fourth-order valence-electron chi connectivity index (χ4n) is 3.26. The molecule has 0 bridgehead atoms. The van der Waals surface area contributed by atoms with Gasteiger partial charge in [0.1, 0.15) is 5.56 Å². The third-order valence-electron chi connectivity index (χ3n) is 4.89. The number of hydrogen-bond acceptors (Lipinski definition) is 5. The van der Waals surface area contributed by atoms with E-state index in [9.17, 15) is 26.7 Å². The lowest BCUT2D eigenvalue weighted by Gasteiger charge is -2.13. The van der Waals surface area contributed by atoms with Gasteiger partial charge in [-0.15, -0.1) is 0 Å². The highest BCUT2D eigenvalue weighted by Crippen LogP contribution is 2.36. The number of alkyl halides is 3. The van der Waals surface area contributed by atoms with Gasteiger partial charge in [0, 0.05) is 5.56 Å². The zero-order valence-electron chi connectivity index (χ0n) is 17.6. The van der Waals surface area contributed by atoms with Crippen LogP contribution >= 0.6 is 0 Å². The molecule has 0 aliphatic carbocycles. The molecular weight excluding hydrogens is 463 g/mol. The van der Waals surface area contributed by atoms with Crippen LogP contribution < -0.4 is 14.8 Å². The molecule has 2 aromatic heterocycles. The molecule has 0 saturated heterocycles. The van der Waals surface area contributed by atoms with Crippen LogP contribution in [-0.4, -0.2) is 34.7 Å². The number of nitrogens with one attached hydrogen (secondary N) is 1. The van der Waals surface area contributed by atoms with E-state index < -0.39 is 40.7 Å². The van der Waals surface area contributed by atoms with Crippen molar-refractivity contribution in [2.75, 3.05) is 19.5 Å². The van der Waals surface area contributed by atoms with Gasteiger partial charge in [-0.2, -0.15) is 18.3 Å². The summed E-state index contributed by atoms with van der Waals surface area (Å²) in [5, 5.41) is 5.78. The van der Waals surface area contributed by atoms with E-state index in [0.29, 0.717) is 10.3 Å². The number of nitrogens with zero attached hydrogens (tertiary/aromatic N) is 3. The van der Waals surface area contributed by atoms with Crippen LogP contribution in [0.2, 0.25) is 0 Å². The Bertz CT molecular complexity index is 1400. The summed E-state index contributed by atoms with van der Waals surface area (Å²) >= 11 is 0. The smallest absolute Gasteiger partial charge is 0.433 e. The molecule has 0 aliphatic rings. The van der Waals surface area contributed by atoms with Crippen LogP contribution in [0.25, 0.3) is 16.9 Å². The lowest BCUT2D eigenvalue weighted by molar-refractivity contribution is -0.142. The first-order valence-corrected chi connectivity index (χ1v) is 9.57. The summed E-state index contributed by atoms with van der Waals surface area (Å²) in [6, 6.07) is 8.28. The van der Waals surface area contributed by atoms with Gasteiger partial charge < -0.3 is 14.8 Å². The number of benzene rings is 2. The summed E-state index contributed by atoms with van der Waals surface area (Å²) in [4.78, 5) is 16.9. The minimum absolute atomic E-state index is 0.132. The second kappa shape index (κ2) is 8.61. The molecule has 1 N–H and O–H groups in total. The molecule has 0 spiro atoms. The van der Waals surface area contributed by atoms with Gasteiger partial charge in [-0.05, 0) is 36.4 Å². The standard InChI is InChI=1S/C22H15F5N4O3/c1-33-16-7-6-11(8-17(16)34-2)15-9-18(22(25,26)27)31-20(29-15)12(10-28-31)21(32)30-14-5-3-4-13(23)19(14)24/h3-10H,1-2H3,(H,30,32). The van der Waals surface area contributed by atoms with Gasteiger partial charge in [0.2, 0.25) is 0 Å². The normalized spacial score (nSPS) is 11.5. The molecule has 176 valence electrons. The van der Waals surface area contributed by atoms with E-state index in [-0.39, 0.29) is 22.6 Å². The number of carbonyl (C=O) groups excluding carboxylic acids is 1. The lowest BCUT2D eigenvalue weighted by Crippen LogP contribution is -2.16. The van der Waals surface area contributed by atoms with E-state index in [1.165, 1.54) is 38.5 Å². The molecule has 0 aliphatic heterocycles. The van der Waals surface area contributed by atoms with E-state index in [1.54, 1.807) is 0 Å². The van der Waals surface area contributed by atoms with Crippen molar-refractivity contribution in [3.05, 3.63) is 71.6 Å². The molecule has 4 aromatic rings. The number of anilines is 1. The Morgan fingerprint density at radius 1 is 1.03 bits per heavy atom. The van der Waals surface area contributed by atoms with Gasteiger partial charge in [0.25, 0.3) is 5.91 Å². The highest BCUT2D eigenvalue weighted by molar-refractivity contribution is 6.08. The van der Waals surface area contributed by atoms with E-state index in [1.807, 2.05) is 0 Å². The van der Waals surface area contributed by atoms with Crippen molar-refractivity contribution in [2.45, 2.75) is 6.18 Å². The Balaban J connectivity index is 1.86. The average molecular weight is 478 g/mol. The first-order valence-electron chi connectivity index (χ1n) is 9.57. The summed E-state index contributed by atoms with van der Waals surface area (Å²) < 4.78 is 79.6. The van der Waals surface area contributed by atoms with Crippen LogP contribution in [0.5, 0.6) is 11.5 Å². The molecular formula is C22H15F5N4O3. The van der Waals surface area contributed by atoms with Crippen LogP contribution in [0.15, 0.2) is 48.7 Å². The van der Waals surface area contributed by atoms with E-state index in [4.69, 9.17) is 9.47 Å². The number of carbonyl (C=O) groups is 1. The number of ether oxygens (including phenoxy) is 2. The first-order chi connectivity index (χ1) is 16.1. The minimum Gasteiger partial charge on any atom is -0.493 e. The van der Waals surface area contributed by atoms with Crippen molar-refractivity contribution in [3.63, 3.8) is 0 Å². The Morgan fingerprint density at radius 2 is 1.76 bits per heavy atom. The monoisotopic (exact) mass is 478 g/mol. The van der Waals surface area contributed by atoms with Gasteiger partial charge in [0.15, 0.2) is 34.5 Å². The number of fused-ring (bicyclic) bond motifs is 1. The fourth-order valence-corrected chi connectivity index (χ4v) is 3.26. The molecule has 34 heavy (non-hydrogen) atoms. The van der Waals surface area contributed by atoms with Crippen molar-refractivity contribution in [1.82, 2.24) is 14.6 Å². The summed E-state index contributed by atoms with van der Waals surface area (Å²) in [5.74, 6) is -2.94. The van der Waals surface area contributed by atoms with Crippen LogP contribution in [0.4, 0.5) is 27.6 Å². The second-order valence-corrected chi connectivity index (χ2v) is 6.94. The van der Waals surface area contributed by atoms with Crippen LogP contribution in [0.1, 0.15) is 16.1 Å². The van der Waals surface area contributed by atoms with Gasteiger partial charge in [-0.1, -0.05) is 6.07 Å². The Labute approximate surface area is 188 Å². The maximum Gasteiger partial charge on any atom is 0.433 e. The predicted molar refractivity (Wildman–Crippen MR) is 111 cm³/mol. The number of methoxy groups -OCH3 is 2. The Hall–Kier alpha value is -4.22. The third kappa shape index (κ3) is 4.09. The van der Waals surface area contributed by atoms with E-state index in [2.05, 4.69) is 15.4 Å². The second-order valence-electron chi connectivity index (χ2n) is 6.94. The van der Waals surface area contributed by atoms with E-state index in [0.717, 1.165) is 24.4 Å². The minimum atomic E-state index is -4.85. The Kier molecular flexibility index (Phi) is 5.82. The molecule has 0 atom stereocenters. The molecule has 0 unspecified atom stereocenters. The van der Waals surface area contributed by atoms with Crippen molar-refractivity contribution >= 4 is 17.2 Å². The van der Waals surface area contributed by atoms with Crippen molar-refractivity contribution in [2.24, 2.45) is 0 Å². The summed E-state index contributed by atoms with van der Waals surface area (Å²) in [6.45, 7) is 0. The molecule has 12 heteroatoms. The molecule has 2 heterocycles. The van der Waals surface area contributed by atoms with Crippen LogP contribution in [-0.2, 0) is 6.18 Å². The van der Waals surface area contributed by atoms with Crippen molar-refractivity contribution in [1.29, 1.82) is 0 Å². The molecule has 4 rings (SSSR count). The largest absolute Gasteiger partial charge is 0.493 e. The maximum absolute atomic E-state index is 14.0. The molecule has 1 amide bonds. The zero-order valence-corrected chi connectivity index (χ0v) is 17.6. The maximum atomic E-state index is 14.0. The topological polar surface area (TPSA) is 77.8 Å². The van der Waals surface area contributed by atoms with Gasteiger partial charge in [0.05, 0.1) is 31.8 Å². The molecule has 7 nitrogen and oxygen atoms in total. The first kappa shape index (κ1) is 23.0. The summed E-state index contributed by atoms with van der Waals surface area (Å²) in [6.07, 6.45) is -3.98. The highest BCUT2D eigenvalue weighted by atomic mass is 19.4. The summed E-state index contributed by atoms with van der Waals surface area (Å²) in [7, 11) is 2.77. The zero-order chi connectivity index (χ0) is 24.6. The fraction of sp³-hybridized carbons (Fsp3) is 0.136. The number of hydrogen-bond donors (Lipinski definition) is 1. The van der Waals surface area contributed by atoms with Crippen molar-refractivity contribution < 1.29 is 36.2 Å². The van der Waals surface area contributed by atoms with E-state index >= 15 is 0 Å². The average Bonchev–Trinajstić information content (AvgIpc) is 3.24. The molecule has 0 radical (unpaired) electrons. The third-order valence-corrected chi connectivity index (χ3v) is 4.89. The SMILES string of the molecule is COc1ccc(-c2cc(C(F)(F)F)n3ncc(C(=O)Nc4cccc(F)c4F)c3n2)cc1OC. The lowest BCUT2D eigenvalue weighted by atomic mass is 10.1.